The molecule has 0 atom stereocenters. The van der Waals surface area contributed by atoms with Gasteiger partial charge in [-0.3, -0.25) is 0 Å². The average molecular weight is 309 g/mol. The lowest BCUT2D eigenvalue weighted by molar-refractivity contribution is 0.0270. The summed E-state index contributed by atoms with van der Waals surface area (Å²) in [5.41, 5.74) is 2.77. The first-order chi connectivity index (χ1) is 9.76. The molecule has 2 rings (SSSR count). The zero-order valence-electron chi connectivity index (χ0n) is 12.9. The minimum Gasteiger partial charge on any atom is -0.444 e. The Morgan fingerprint density at radius 2 is 2.14 bits per heavy atom. The summed E-state index contributed by atoms with van der Waals surface area (Å²) in [5.74, 6) is 0. The standard InChI is InChI=1S/C16H21ClN2O2/c1-11-9-13(10-18-14(11)17)12-5-7-19(8-6-12)15(20)21-16(2,3)4/h5,9-10H,6-8H2,1-4H3. The largest absolute Gasteiger partial charge is 0.444 e. The van der Waals surface area contributed by atoms with Crippen LogP contribution in [0.25, 0.3) is 5.57 Å². The van der Waals surface area contributed by atoms with Crippen molar-refractivity contribution in [3.63, 3.8) is 0 Å². The highest BCUT2D eigenvalue weighted by atomic mass is 35.5. The van der Waals surface area contributed by atoms with Crippen LogP contribution in [0.1, 0.15) is 38.3 Å². The van der Waals surface area contributed by atoms with Crippen molar-refractivity contribution in [2.75, 3.05) is 13.1 Å². The summed E-state index contributed by atoms with van der Waals surface area (Å²) >= 11 is 5.95. The molecule has 0 N–H and O–H groups in total. The van der Waals surface area contributed by atoms with Gasteiger partial charge in [-0.05, 0) is 56.9 Å². The second kappa shape index (κ2) is 6.06. The summed E-state index contributed by atoms with van der Waals surface area (Å²) < 4.78 is 5.38. The predicted molar refractivity (Wildman–Crippen MR) is 84.4 cm³/mol. The highest BCUT2D eigenvalue weighted by Crippen LogP contribution is 2.25. The third-order valence-corrected chi connectivity index (χ3v) is 3.64. The Hall–Kier alpha value is -1.55. The number of pyridine rings is 1. The van der Waals surface area contributed by atoms with Crippen LogP contribution in [0.4, 0.5) is 4.79 Å². The van der Waals surface area contributed by atoms with E-state index in [1.54, 1.807) is 11.1 Å². The molecule has 0 radical (unpaired) electrons. The smallest absolute Gasteiger partial charge is 0.410 e. The number of hydrogen-bond acceptors (Lipinski definition) is 3. The Morgan fingerprint density at radius 3 is 2.67 bits per heavy atom. The monoisotopic (exact) mass is 308 g/mol. The van der Waals surface area contributed by atoms with Crippen LogP contribution >= 0.6 is 11.6 Å². The van der Waals surface area contributed by atoms with E-state index in [1.165, 1.54) is 5.57 Å². The second-order valence-electron chi connectivity index (χ2n) is 6.24. The van der Waals surface area contributed by atoms with Crippen LogP contribution in [-0.2, 0) is 4.74 Å². The van der Waals surface area contributed by atoms with Gasteiger partial charge in [0.15, 0.2) is 0 Å². The zero-order valence-corrected chi connectivity index (χ0v) is 13.7. The number of carbonyl (C=O) groups excluding carboxylic acids is 1. The normalized spacial score (nSPS) is 15.7. The summed E-state index contributed by atoms with van der Waals surface area (Å²) in [4.78, 5) is 17.9. The first-order valence-corrected chi connectivity index (χ1v) is 7.43. The number of ether oxygens (including phenoxy) is 1. The molecule has 1 aromatic heterocycles. The Morgan fingerprint density at radius 1 is 1.43 bits per heavy atom. The lowest BCUT2D eigenvalue weighted by atomic mass is 10.0. The van der Waals surface area contributed by atoms with Gasteiger partial charge in [0, 0.05) is 19.3 Å². The van der Waals surface area contributed by atoms with Gasteiger partial charge in [0.1, 0.15) is 10.8 Å². The first kappa shape index (κ1) is 15.8. The van der Waals surface area contributed by atoms with Crippen molar-refractivity contribution in [2.24, 2.45) is 0 Å². The number of amides is 1. The van der Waals surface area contributed by atoms with Crippen molar-refractivity contribution in [1.29, 1.82) is 0 Å². The quantitative estimate of drug-likeness (QED) is 0.734. The van der Waals surface area contributed by atoms with Gasteiger partial charge >= 0.3 is 6.09 Å². The van der Waals surface area contributed by atoms with Gasteiger partial charge < -0.3 is 9.64 Å². The van der Waals surface area contributed by atoms with E-state index in [9.17, 15) is 4.79 Å². The summed E-state index contributed by atoms with van der Waals surface area (Å²) in [5, 5.41) is 0.533. The molecule has 0 fully saturated rings. The number of halogens is 1. The molecule has 21 heavy (non-hydrogen) atoms. The minimum absolute atomic E-state index is 0.261. The van der Waals surface area contributed by atoms with Gasteiger partial charge in [-0.2, -0.15) is 0 Å². The molecule has 0 aromatic carbocycles. The Labute approximate surface area is 130 Å². The average Bonchev–Trinajstić information content (AvgIpc) is 2.40. The van der Waals surface area contributed by atoms with Gasteiger partial charge in [-0.1, -0.05) is 17.7 Å². The predicted octanol–water partition coefficient (Wildman–Crippen LogP) is 4.07. The van der Waals surface area contributed by atoms with E-state index in [1.807, 2.05) is 33.8 Å². The van der Waals surface area contributed by atoms with E-state index >= 15 is 0 Å². The second-order valence-corrected chi connectivity index (χ2v) is 6.60. The maximum absolute atomic E-state index is 12.0. The molecule has 1 aromatic rings. The van der Waals surface area contributed by atoms with Gasteiger partial charge in [-0.25, -0.2) is 9.78 Å². The molecule has 5 heteroatoms. The number of rotatable bonds is 1. The van der Waals surface area contributed by atoms with Gasteiger partial charge in [0.25, 0.3) is 0 Å². The van der Waals surface area contributed by atoms with Crippen molar-refractivity contribution >= 4 is 23.3 Å². The molecule has 0 bridgehead atoms. The summed E-state index contributed by atoms with van der Waals surface area (Å²) in [6.45, 7) is 8.78. The molecule has 1 aliphatic heterocycles. The summed E-state index contributed by atoms with van der Waals surface area (Å²) in [7, 11) is 0. The maximum Gasteiger partial charge on any atom is 0.410 e. The van der Waals surface area contributed by atoms with Crippen LogP contribution in [0, 0.1) is 6.92 Å². The number of aryl methyl sites for hydroxylation is 1. The minimum atomic E-state index is -0.460. The lowest BCUT2D eigenvalue weighted by Gasteiger charge is -2.29. The van der Waals surface area contributed by atoms with Crippen molar-refractivity contribution in [3.05, 3.63) is 34.6 Å². The summed E-state index contributed by atoms with van der Waals surface area (Å²) in [6.07, 6.45) is 4.37. The molecule has 2 heterocycles. The third kappa shape index (κ3) is 4.21. The van der Waals surface area contributed by atoms with Crippen molar-refractivity contribution in [2.45, 2.75) is 39.7 Å². The summed E-state index contributed by atoms with van der Waals surface area (Å²) in [6, 6.07) is 2.03. The molecule has 0 unspecified atom stereocenters. The number of hydrogen-bond donors (Lipinski definition) is 0. The van der Waals surface area contributed by atoms with E-state index in [4.69, 9.17) is 16.3 Å². The molecule has 114 valence electrons. The molecule has 4 nitrogen and oxygen atoms in total. The van der Waals surface area contributed by atoms with Crippen molar-refractivity contribution < 1.29 is 9.53 Å². The molecule has 1 aliphatic rings. The maximum atomic E-state index is 12.0. The van der Waals surface area contributed by atoms with E-state index < -0.39 is 5.60 Å². The van der Waals surface area contributed by atoms with Gasteiger partial charge in [0.05, 0.1) is 0 Å². The van der Waals surface area contributed by atoms with Gasteiger partial charge in [0.2, 0.25) is 0 Å². The van der Waals surface area contributed by atoms with E-state index in [2.05, 4.69) is 11.1 Å². The number of nitrogens with zero attached hydrogens (tertiary/aromatic N) is 2. The lowest BCUT2D eigenvalue weighted by Crippen LogP contribution is -2.39. The Balaban J connectivity index is 2.05. The topological polar surface area (TPSA) is 42.4 Å². The molecule has 1 amide bonds. The van der Waals surface area contributed by atoms with Crippen LogP contribution in [0.2, 0.25) is 5.15 Å². The highest BCUT2D eigenvalue weighted by Gasteiger charge is 2.23. The fraction of sp³-hybridized carbons (Fsp3) is 0.500. The molecule has 0 saturated heterocycles. The number of carbonyl (C=O) groups is 1. The molecule has 0 aliphatic carbocycles. The van der Waals surface area contributed by atoms with E-state index in [0.29, 0.717) is 18.2 Å². The zero-order chi connectivity index (χ0) is 15.6. The SMILES string of the molecule is Cc1cc(C2=CCN(C(=O)OC(C)(C)C)CC2)cnc1Cl. The Kier molecular flexibility index (Phi) is 4.57. The van der Waals surface area contributed by atoms with Crippen LogP contribution in [0.3, 0.4) is 0 Å². The Bertz CT molecular complexity index is 576. The number of aromatic nitrogens is 1. The van der Waals surface area contributed by atoms with E-state index in [0.717, 1.165) is 17.5 Å². The first-order valence-electron chi connectivity index (χ1n) is 7.06. The van der Waals surface area contributed by atoms with Crippen LogP contribution in [0.15, 0.2) is 18.3 Å². The highest BCUT2D eigenvalue weighted by molar-refractivity contribution is 6.30. The molecule has 0 saturated carbocycles. The van der Waals surface area contributed by atoms with Crippen molar-refractivity contribution in [3.8, 4) is 0 Å². The fourth-order valence-electron chi connectivity index (χ4n) is 2.16. The van der Waals surface area contributed by atoms with Crippen molar-refractivity contribution in [1.82, 2.24) is 9.88 Å². The van der Waals surface area contributed by atoms with E-state index in [-0.39, 0.29) is 6.09 Å². The molecular weight excluding hydrogens is 288 g/mol. The van der Waals surface area contributed by atoms with Crippen LogP contribution < -0.4 is 0 Å². The van der Waals surface area contributed by atoms with Crippen LogP contribution in [0.5, 0.6) is 0 Å². The van der Waals surface area contributed by atoms with Gasteiger partial charge in [-0.15, -0.1) is 0 Å². The fourth-order valence-corrected chi connectivity index (χ4v) is 2.26. The van der Waals surface area contributed by atoms with Crippen LogP contribution in [-0.4, -0.2) is 34.7 Å². The molecule has 0 spiro atoms. The molecular formula is C16H21ClN2O2. The third-order valence-electron chi connectivity index (χ3n) is 3.25.